The van der Waals surface area contributed by atoms with Gasteiger partial charge in [-0.15, -0.1) is 0 Å². The Balaban J connectivity index is 1.80. The SMILES string of the molecule is O=[N+]([O-])c1ccc(S(=O)(=O)c2[nH]ncc2S(=O)(=O)c2cn[nH]c2S(=O)(=O)c2ccc([N+](=O)[O-])cc2)cc1. The molecule has 4 aromatic rings. The second kappa shape index (κ2) is 8.87. The van der Waals surface area contributed by atoms with Gasteiger partial charge in [0.25, 0.3) is 11.4 Å². The molecule has 0 aliphatic rings. The first-order valence-electron chi connectivity index (χ1n) is 9.59. The van der Waals surface area contributed by atoms with E-state index in [0.29, 0.717) is 12.4 Å². The molecule has 37 heavy (non-hydrogen) atoms. The van der Waals surface area contributed by atoms with Crippen LogP contribution in [0.15, 0.2) is 90.6 Å². The minimum atomic E-state index is -4.90. The van der Waals surface area contributed by atoms with Crippen LogP contribution in [0.1, 0.15) is 0 Å². The van der Waals surface area contributed by atoms with Crippen LogP contribution in [0.4, 0.5) is 11.4 Å². The van der Waals surface area contributed by atoms with Crippen LogP contribution in [0.3, 0.4) is 0 Å². The average molecular weight is 569 g/mol. The van der Waals surface area contributed by atoms with Crippen molar-refractivity contribution in [2.45, 2.75) is 29.6 Å². The number of aromatic nitrogens is 4. The quantitative estimate of drug-likeness (QED) is 0.226. The predicted octanol–water partition coefficient (Wildman–Crippen LogP) is 1.45. The third-order valence-electron chi connectivity index (χ3n) is 4.98. The topological polar surface area (TPSA) is 246 Å². The molecule has 0 fully saturated rings. The Morgan fingerprint density at radius 3 is 1.19 bits per heavy atom. The zero-order valence-corrected chi connectivity index (χ0v) is 20.3. The number of nitrogens with zero attached hydrogens (tertiary/aromatic N) is 4. The molecule has 2 heterocycles. The fourth-order valence-electron chi connectivity index (χ4n) is 3.14. The van der Waals surface area contributed by atoms with Gasteiger partial charge < -0.3 is 0 Å². The molecule has 0 saturated carbocycles. The number of nitro groups is 2. The van der Waals surface area contributed by atoms with Gasteiger partial charge in [-0.1, -0.05) is 0 Å². The molecular weight excluding hydrogens is 556 g/mol. The molecule has 19 heteroatoms. The summed E-state index contributed by atoms with van der Waals surface area (Å²) >= 11 is 0. The number of hydrogen-bond acceptors (Lipinski definition) is 12. The van der Waals surface area contributed by atoms with Crippen molar-refractivity contribution in [3.8, 4) is 0 Å². The highest BCUT2D eigenvalue weighted by Crippen LogP contribution is 2.34. The highest BCUT2D eigenvalue weighted by atomic mass is 32.2. The van der Waals surface area contributed by atoms with E-state index in [1.165, 1.54) is 0 Å². The van der Waals surface area contributed by atoms with Gasteiger partial charge in [-0.2, -0.15) is 10.2 Å². The second-order valence-electron chi connectivity index (χ2n) is 7.14. The first-order chi connectivity index (χ1) is 17.3. The van der Waals surface area contributed by atoms with Gasteiger partial charge in [0.05, 0.1) is 32.0 Å². The molecule has 0 aliphatic heterocycles. The monoisotopic (exact) mass is 568 g/mol. The summed E-state index contributed by atoms with van der Waals surface area (Å²) in [6.45, 7) is 0. The Hall–Kier alpha value is -4.49. The molecule has 0 saturated heterocycles. The van der Waals surface area contributed by atoms with Crippen molar-refractivity contribution in [3.05, 3.63) is 81.2 Å². The lowest BCUT2D eigenvalue weighted by molar-refractivity contribution is -0.385. The van der Waals surface area contributed by atoms with Gasteiger partial charge >= 0.3 is 0 Å². The van der Waals surface area contributed by atoms with Crippen molar-refractivity contribution in [2.75, 3.05) is 0 Å². The number of H-pyrrole nitrogens is 2. The molecule has 0 atom stereocenters. The van der Waals surface area contributed by atoms with E-state index in [9.17, 15) is 45.5 Å². The summed E-state index contributed by atoms with van der Waals surface area (Å²) in [6, 6.07) is 7.20. The summed E-state index contributed by atoms with van der Waals surface area (Å²) in [6.07, 6.45) is 1.31. The largest absolute Gasteiger partial charge is 0.269 e. The molecular formula is C18H12N6O10S3. The molecule has 192 valence electrons. The normalized spacial score (nSPS) is 12.3. The minimum absolute atomic E-state index is 0.407. The molecule has 0 aliphatic carbocycles. The van der Waals surface area contributed by atoms with Crippen molar-refractivity contribution >= 4 is 40.9 Å². The van der Waals surface area contributed by atoms with Crippen LogP contribution in [0.2, 0.25) is 0 Å². The fraction of sp³-hybridized carbons (Fsp3) is 0. The molecule has 0 spiro atoms. The summed E-state index contributed by atoms with van der Waals surface area (Å²) in [5, 5.41) is 30.9. The Bertz CT molecular complexity index is 1730. The zero-order valence-electron chi connectivity index (χ0n) is 17.9. The molecule has 2 N–H and O–H groups in total. The van der Waals surface area contributed by atoms with E-state index >= 15 is 0 Å². The van der Waals surface area contributed by atoms with Gasteiger partial charge in [0.15, 0.2) is 10.1 Å². The molecule has 4 rings (SSSR count). The lowest BCUT2D eigenvalue weighted by Crippen LogP contribution is -2.13. The number of non-ortho nitro benzene ring substituents is 2. The van der Waals surface area contributed by atoms with E-state index in [4.69, 9.17) is 0 Å². The van der Waals surface area contributed by atoms with Crippen molar-refractivity contribution in [2.24, 2.45) is 0 Å². The molecule has 0 radical (unpaired) electrons. The third-order valence-corrected chi connectivity index (χ3v) is 10.5. The van der Waals surface area contributed by atoms with E-state index < -0.39 is 80.4 Å². The van der Waals surface area contributed by atoms with Crippen molar-refractivity contribution < 1.29 is 35.1 Å². The summed E-state index contributed by atoms with van der Waals surface area (Å²) in [4.78, 5) is 17.4. The van der Waals surface area contributed by atoms with Gasteiger partial charge in [0.2, 0.25) is 29.5 Å². The predicted molar refractivity (Wildman–Crippen MR) is 120 cm³/mol. The minimum Gasteiger partial charge on any atom is -0.266 e. The van der Waals surface area contributed by atoms with Crippen molar-refractivity contribution in [1.82, 2.24) is 20.4 Å². The van der Waals surface area contributed by atoms with Crippen LogP contribution in [0, 0.1) is 20.2 Å². The van der Waals surface area contributed by atoms with Crippen LogP contribution in [0.25, 0.3) is 0 Å². The lowest BCUT2D eigenvalue weighted by Gasteiger charge is -2.08. The maximum atomic E-state index is 13.4. The van der Waals surface area contributed by atoms with Gasteiger partial charge in [0, 0.05) is 24.3 Å². The molecule has 16 nitrogen and oxygen atoms in total. The summed E-state index contributed by atoms with van der Waals surface area (Å²) in [5.74, 6) is 0. The number of aromatic amines is 2. The highest BCUT2D eigenvalue weighted by molar-refractivity contribution is 7.96. The van der Waals surface area contributed by atoms with Gasteiger partial charge in [-0.3, -0.25) is 30.4 Å². The number of benzene rings is 2. The average Bonchev–Trinajstić information content (AvgIpc) is 3.56. The summed E-state index contributed by atoms with van der Waals surface area (Å²) < 4.78 is 79.2. The standard InChI is InChI=1S/C18H12N6O10S3/c25-23(26)11-1-5-13(6-2-11)35(29,30)17-15(9-19-21-17)37(33,34)16-10-20-22-18(16)36(31,32)14-7-3-12(4-8-14)24(27)28/h1-10H,(H,19,21)(H,20,22). The number of nitro benzene ring substituents is 2. The van der Waals surface area contributed by atoms with Crippen LogP contribution in [-0.4, -0.2) is 55.5 Å². The van der Waals surface area contributed by atoms with E-state index in [2.05, 4.69) is 20.4 Å². The van der Waals surface area contributed by atoms with Gasteiger partial charge in [-0.25, -0.2) is 25.3 Å². The molecule has 2 aromatic heterocycles. The number of rotatable bonds is 8. The number of hydrogen-bond donors (Lipinski definition) is 2. The van der Waals surface area contributed by atoms with Crippen LogP contribution < -0.4 is 0 Å². The third kappa shape index (κ3) is 4.34. The number of nitrogens with one attached hydrogen (secondary N) is 2. The van der Waals surface area contributed by atoms with Crippen LogP contribution >= 0.6 is 0 Å². The zero-order chi connectivity index (χ0) is 27.2. The molecule has 2 aromatic carbocycles. The van der Waals surface area contributed by atoms with Gasteiger partial charge in [0.1, 0.15) is 9.79 Å². The molecule has 0 unspecified atom stereocenters. The van der Waals surface area contributed by atoms with E-state index in [0.717, 1.165) is 48.5 Å². The Morgan fingerprint density at radius 1 is 0.568 bits per heavy atom. The van der Waals surface area contributed by atoms with Gasteiger partial charge in [-0.05, 0) is 24.3 Å². The maximum Gasteiger partial charge on any atom is 0.269 e. The van der Waals surface area contributed by atoms with E-state index in [1.807, 2.05) is 0 Å². The second-order valence-corrected chi connectivity index (χ2v) is 12.8. The fourth-order valence-corrected chi connectivity index (χ4v) is 8.10. The number of sulfone groups is 3. The van der Waals surface area contributed by atoms with Crippen molar-refractivity contribution in [1.29, 1.82) is 0 Å². The van der Waals surface area contributed by atoms with Crippen LogP contribution in [0.5, 0.6) is 0 Å². The maximum absolute atomic E-state index is 13.4. The van der Waals surface area contributed by atoms with E-state index in [-0.39, 0.29) is 0 Å². The Labute approximate surface area is 207 Å². The first-order valence-corrected chi connectivity index (χ1v) is 14.0. The summed E-state index contributed by atoms with van der Waals surface area (Å²) in [7, 11) is -14.1. The lowest BCUT2D eigenvalue weighted by atomic mass is 10.3. The van der Waals surface area contributed by atoms with Crippen molar-refractivity contribution in [3.63, 3.8) is 0 Å². The Kier molecular flexibility index (Phi) is 6.14. The smallest absolute Gasteiger partial charge is 0.266 e. The first kappa shape index (κ1) is 25.6. The highest BCUT2D eigenvalue weighted by Gasteiger charge is 2.37. The molecule has 0 amide bonds. The summed E-state index contributed by atoms with van der Waals surface area (Å²) in [5.41, 5.74) is -0.813. The van der Waals surface area contributed by atoms with E-state index in [1.54, 1.807) is 0 Å². The van der Waals surface area contributed by atoms with Crippen LogP contribution in [-0.2, 0) is 29.5 Å². The Morgan fingerprint density at radius 2 is 0.892 bits per heavy atom. The molecule has 0 bridgehead atoms.